The van der Waals surface area contributed by atoms with Crippen molar-refractivity contribution >= 4 is 10.0 Å². The highest BCUT2D eigenvalue weighted by atomic mass is 32.2. The fraction of sp³-hybridized carbons (Fsp3) is 0.200. The molecular formula is C10H10FNO2S. The molecule has 0 saturated heterocycles. The maximum absolute atomic E-state index is 12.6. The van der Waals surface area contributed by atoms with Crippen LogP contribution >= 0.6 is 0 Å². The SMILES string of the molecule is O=S(=O)(c1ccc(F)cc1)N1CC=CC1. The summed E-state index contributed by atoms with van der Waals surface area (Å²) in [7, 11) is -3.45. The Kier molecular flexibility index (Phi) is 2.58. The van der Waals surface area contributed by atoms with E-state index in [0.717, 1.165) is 12.1 Å². The molecule has 0 aliphatic carbocycles. The van der Waals surface area contributed by atoms with Crippen LogP contribution in [0.2, 0.25) is 0 Å². The first-order valence-corrected chi connectivity index (χ1v) is 5.95. The topological polar surface area (TPSA) is 37.4 Å². The first kappa shape index (κ1) is 10.3. The van der Waals surface area contributed by atoms with Gasteiger partial charge in [0.2, 0.25) is 10.0 Å². The first-order valence-electron chi connectivity index (χ1n) is 4.51. The monoisotopic (exact) mass is 227 g/mol. The van der Waals surface area contributed by atoms with Gasteiger partial charge in [-0.25, -0.2) is 12.8 Å². The molecule has 0 fully saturated rings. The molecule has 0 aromatic heterocycles. The van der Waals surface area contributed by atoms with Gasteiger partial charge in [-0.05, 0) is 24.3 Å². The summed E-state index contributed by atoms with van der Waals surface area (Å²) in [5.74, 6) is -0.437. The summed E-state index contributed by atoms with van der Waals surface area (Å²) in [6.45, 7) is 0.777. The van der Waals surface area contributed by atoms with Gasteiger partial charge < -0.3 is 0 Å². The lowest BCUT2D eigenvalue weighted by Crippen LogP contribution is -2.28. The third kappa shape index (κ3) is 1.93. The van der Waals surface area contributed by atoms with Crippen LogP contribution in [0.3, 0.4) is 0 Å². The number of benzene rings is 1. The van der Waals surface area contributed by atoms with Gasteiger partial charge >= 0.3 is 0 Å². The molecule has 1 aliphatic heterocycles. The Bertz CT molecular complexity index is 471. The van der Waals surface area contributed by atoms with Crippen LogP contribution in [0.4, 0.5) is 4.39 Å². The van der Waals surface area contributed by atoms with E-state index in [-0.39, 0.29) is 4.90 Å². The highest BCUT2D eigenvalue weighted by Gasteiger charge is 2.24. The standard InChI is InChI=1S/C10H10FNO2S/c11-9-3-5-10(6-4-9)15(13,14)12-7-1-2-8-12/h1-6H,7-8H2. The Morgan fingerprint density at radius 2 is 1.60 bits per heavy atom. The Labute approximate surface area is 87.9 Å². The summed E-state index contributed by atoms with van der Waals surface area (Å²) < 4.78 is 37.8. The third-order valence-corrected chi connectivity index (χ3v) is 4.08. The molecule has 3 nitrogen and oxygen atoms in total. The van der Waals surface area contributed by atoms with E-state index in [1.54, 1.807) is 12.2 Å². The molecule has 0 spiro atoms. The molecule has 1 aromatic carbocycles. The van der Waals surface area contributed by atoms with Crippen molar-refractivity contribution in [2.45, 2.75) is 4.90 Å². The summed E-state index contributed by atoms with van der Waals surface area (Å²) in [4.78, 5) is 0.132. The van der Waals surface area contributed by atoms with Crippen molar-refractivity contribution in [2.75, 3.05) is 13.1 Å². The minimum atomic E-state index is -3.45. The Morgan fingerprint density at radius 3 is 2.13 bits per heavy atom. The van der Waals surface area contributed by atoms with Crippen molar-refractivity contribution in [1.29, 1.82) is 0 Å². The number of halogens is 1. The van der Waals surface area contributed by atoms with Gasteiger partial charge in [0.15, 0.2) is 0 Å². The van der Waals surface area contributed by atoms with Crippen molar-refractivity contribution in [2.24, 2.45) is 0 Å². The first-order chi connectivity index (χ1) is 7.10. The van der Waals surface area contributed by atoms with Gasteiger partial charge in [0.25, 0.3) is 0 Å². The lowest BCUT2D eigenvalue weighted by atomic mass is 10.4. The van der Waals surface area contributed by atoms with Crippen LogP contribution in [-0.4, -0.2) is 25.8 Å². The van der Waals surface area contributed by atoms with Crippen LogP contribution in [0.25, 0.3) is 0 Å². The second kappa shape index (κ2) is 3.75. The Hall–Kier alpha value is -1.20. The average Bonchev–Trinajstić information content (AvgIpc) is 2.71. The van der Waals surface area contributed by atoms with Gasteiger partial charge in [-0.1, -0.05) is 12.2 Å². The predicted molar refractivity (Wildman–Crippen MR) is 54.3 cm³/mol. The van der Waals surface area contributed by atoms with Crippen LogP contribution in [0, 0.1) is 5.82 Å². The lowest BCUT2D eigenvalue weighted by molar-refractivity contribution is 0.488. The normalized spacial score (nSPS) is 17.1. The van der Waals surface area contributed by atoms with Crippen molar-refractivity contribution in [3.05, 3.63) is 42.2 Å². The van der Waals surface area contributed by atoms with Crippen molar-refractivity contribution in [3.63, 3.8) is 0 Å². The molecule has 80 valence electrons. The van der Waals surface area contributed by atoms with Gasteiger partial charge in [-0.3, -0.25) is 0 Å². The van der Waals surface area contributed by atoms with Gasteiger partial charge in [-0.15, -0.1) is 0 Å². The van der Waals surface area contributed by atoms with Crippen molar-refractivity contribution in [3.8, 4) is 0 Å². The highest BCUT2D eigenvalue weighted by molar-refractivity contribution is 7.89. The molecule has 2 rings (SSSR count). The molecule has 0 bridgehead atoms. The Balaban J connectivity index is 2.33. The van der Waals surface area contributed by atoms with E-state index >= 15 is 0 Å². The summed E-state index contributed by atoms with van der Waals surface area (Å²) >= 11 is 0. The fourth-order valence-corrected chi connectivity index (χ4v) is 2.75. The number of sulfonamides is 1. The Morgan fingerprint density at radius 1 is 1.07 bits per heavy atom. The van der Waals surface area contributed by atoms with E-state index in [1.165, 1.54) is 16.4 Å². The lowest BCUT2D eigenvalue weighted by Gasteiger charge is -2.15. The number of hydrogen-bond acceptors (Lipinski definition) is 2. The quantitative estimate of drug-likeness (QED) is 0.716. The zero-order chi connectivity index (χ0) is 10.9. The molecule has 1 aromatic rings. The summed E-state index contributed by atoms with van der Waals surface area (Å²) in [6.07, 6.45) is 3.59. The molecule has 1 aliphatic rings. The van der Waals surface area contributed by atoms with E-state index in [0.29, 0.717) is 13.1 Å². The molecule has 0 saturated carbocycles. The molecular weight excluding hydrogens is 217 g/mol. The van der Waals surface area contributed by atoms with Crippen LogP contribution < -0.4 is 0 Å². The van der Waals surface area contributed by atoms with Gasteiger partial charge in [0.1, 0.15) is 5.82 Å². The third-order valence-electron chi connectivity index (χ3n) is 2.24. The van der Waals surface area contributed by atoms with Crippen LogP contribution in [0.5, 0.6) is 0 Å². The van der Waals surface area contributed by atoms with Gasteiger partial charge in [0, 0.05) is 13.1 Å². The molecule has 1 heterocycles. The maximum atomic E-state index is 12.6. The fourth-order valence-electron chi connectivity index (χ4n) is 1.41. The van der Waals surface area contributed by atoms with E-state index in [9.17, 15) is 12.8 Å². The van der Waals surface area contributed by atoms with Crippen molar-refractivity contribution in [1.82, 2.24) is 4.31 Å². The molecule has 15 heavy (non-hydrogen) atoms. The van der Waals surface area contributed by atoms with E-state index in [1.807, 2.05) is 0 Å². The smallest absolute Gasteiger partial charge is 0.207 e. The van der Waals surface area contributed by atoms with E-state index in [4.69, 9.17) is 0 Å². The van der Waals surface area contributed by atoms with Crippen molar-refractivity contribution < 1.29 is 12.8 Å². The minimum absolute atomic E-state index is 0.132. The van der Waals surface area contributed by atoms with Crippen LogP contribution in [0.15, 0.2) is 41.3 Å². The molecule has 0 N–H and O–H groups in total. The molecule has 0 atom stereocenters. The highest BCUT2D eigenvalue weighted by Crippen LogP contribution is 2.17. The number of nitrogens with zero attached hydrogens (tertiary/aromatic N) is 1. The molecule has 0 unspecified atom stereocenters. The largest absolute Gasteiger partial charge is 0.243 e. The average molecular weight is 227 g/mol. The second-order valence-corrected chi connectivity index (χ2v) is 5.19. The van der Waals surface area contributed by atoms with E-state index < -0.39 is 15.8 Å². The summed E-state index contributed by atoms with van der Waals surface area (Å²) in [5.41, 5.74) is 0. The number of rotatable bonds is 2. The maximum Gasteiger partial charge on any atom is 0.243 e. The summed E-state index contributed by atoms with van der Waals surface area (Å²) in [5, 5.41) is 0. The number of hydrogen-bond donors (Lipinski definition) is 0. The minimum Gasteiger partial charge on any atom is -0.207 e. The molecule has 0 radical (unpaired) electrons. The molecule has 0 amide bonds. The zero-order valence-corrected chi connectivity index (χ0v) is 8.74. The zero-order valence-electron chi connectivity index (χ0n) is 7.93. The second-order valence-electron chi connectivity index (χ2n) is 3.25. The van der Waals surface area contributed by atoms with Crippen LogP contribution in [0.1, 0.15) is 0 Å². The van der Waals surface area contributed by atoms with Gasteiger partial charge in [-0.2, -0.15) is 4.31 Å². The van der Waals surface area contributed by atoms with E-state index in [2.05, 4.69) is 0 Å². The van der Waals surface area contributed by atoms with Crippen LogP contribution in [-0.2, 0) is 10.0 Å². The summed E-state index contributed by atoms with van der Waals surface area (Å²) in [6, 6.07) is 4.86. The van der Waals surface area contributed by atoms with Gasteiger partial charge in [0.05, 0.1) is 4.90 Å². The molecule has 5 heteroatoms. The predicted octanol–water partition coefficient (Wildman–Crippen LogP) is 1.39.